The van der Waals surface area contributed by atoms with Crippen LogP contribution in [0.25, 0.3) is 0 Å². The lowest BCUT2D eigenvalue weighted by molar-refractivity contribution is 0.0614. The molecule has 0 spiro atoms. The Bertz CT molecular complexity index is 597. The van der Waals surface area contributed by atoms with Crippen molar-refractivity contribution in [2.45, 2.75) is 26.3 Å². The van der Waals surface area contributed by atoms with E-state index in [1.807, 2.05) is 23.1 Å². The first kappa shape index (κ1) is 14.8. The van der Waals surface area contributed by atoms with E-state index in [0.717, 1.165) is 57.0 Å². The third kappa shape index (κ3) is 3.39. The van der Waals surface area contributed by atoms with Gasteiger partial charge in [-0.2, -0.15) is 5.10 Å². The topological polar surface area (TPSA) is 65.4 Å². The number of piperazine rings is 1. The maximum atomic E-state index is 12.4. The summed E-state index contributed by atoms with van der Waals surface area (Å²) in [5, 5.41) is 7.09. The van der Waals surface area contributed by atoms with Crippen molar-refractivity contribution >= 4 is 5.91 Å². The van der Waals surface area contributed by atoms with Gasteiger partial charge in [-0.1, -0.05) is 13.3 Å². The van der Waals surface area contributed by atoms with E-state index in [0.29, 0.717) is 5.69 Å². The number of aromatic amines is 1. The first-order valence-electron chi connectivity index (χ1n) is 7.84. The number of nitrogens with zero attached hydrogens (tertiary/aromatic N) is 3. The molecule has 0 atom stereocenters. The molecule has 0 saturated carbocycles. The normalized spacial score (nSPS) is 16.1. The fraction of sp³-hybridized carbons (Fsp3) is 0.500. The van der Waals surface area contributed by atoms with E-state index in [1.54, 1.807) is 6.26 Å². The minimum atomic E-state index is 0.0243. The highest BCUT2D eigenvalue weighted by Crippen LogP contribution is 2.12. The van der Waals surface area contributed by atoms with Crippen LogP contribution < -0.4 is 0 Å². The van der Waals surface area contributed by atoms with Crippen molar-refractivity contribution in [1.82, 2.24) is 20.0 Å². The lowest BCUT2D eigenvalue weighted by atomic mass is 10.2. The summed E-state index contributed by atoms with van der Waals surface area (Å²) < 4.78 is 5.37. The Morgan fingerprint density at radius 3 is 2.86 bits per heavy atom. The van der Waals surface area contributed by atoms with Gasteiger partial charge in [-0.15, -0.1) is 0 Å². The summed E-state index contributed by atoms with van der Waals surface area (Å²) in [6.07, 6.45) is 3.67. The van der Waals surface area contributed by atoms with Gasteiger partial charge in [0.1, 0.15) is 11.5 Å². The number of rotatable bonds is 5. The molecule has 1 aliphatic rings. The van der Waals surface area contributed by atoms with Crippen molar-refractivity contribution in [2.75, 3.05) is 26.2 Å². The molecule has 1 N–H and O–H groups in total. The van der Waals surface area contributed by atoms with E-state index >= 15 is 0 Å². The molecule has 0 aliphatic carbocycles. The highest BCUT2D eigenvalue weighted by Gasteiger charge is 2.24. The Morgan fingerprint density at radius 2 is 2.18 bits per heavy atom. The molecule has 3 heterocycles. The van der Waals surface area contributed by atoms with Crippen LogP contribution >= 0.6 is 0 Å². The molecule has 1 aliphatic heterocycles. The summed E-state index contributed by atoms with van der Waals surface area (Å²) in [4.78, 5) is 16.6. The largest absolute Gasteiger partial charge is 0.468 e. The summed E-state index contributed by atoms with van der Waals surface area (Å²) in [7, 11) is 0. The van der Waals surface area contributed by atoms with Crippen molar-refractivity contribution in [3.63, 3.8) is 0 Å². The predicted octanol–water partition coefficient (Wildman–Crippen LogP) is 1.91. The number of amides is 1. The van der Waals surface area contributed by atoms with Crippen molar-refractivity contribution in [1.29, 1.82) is 0 Å². The zero-order valence-electron chi connectivity index (χ0n) is 12.9. The summed E-state index contributed by atoms with van der Waals surface area (Å²) in [5.74, 6) is 0.993. The molecule has 2 aromatic rings. The van der Waals surface area contributed by atoms with Gasteiger partial charge in [0.05, 0.1) is 12.8 Å². The van der Waals surface area contributed by atoms with Crippen LogP contribution in [0.5, 0.6) is 0 Å². The van der Waals surface area contributed by atoms with Gasteiger partial charge >= 0.3 is 0 Å². The van der Waals surface area contributed by atoms with E-state index < -0.39 is 0 Å². The number of hydrogen-bond donors (Lipinski definition) is 1. The Morgan fingerprint density at radius 1 is 1.36 bits per heavy atom. The van der Waals surface area contributed by atoms with Crippen LogP contribution in [0.2, 0.25) is 0 Å². The molecular weight excluding hydrogens is 280 g/mol. The van der Waals surface area contributed by atoms with Gasteiger partial charge in [0, 0.05) is 31.9 Å². The van der Waals surface area contributed by atoms with Crippen molar-refractivity contribution in [2.24, 2.45) is 0 Å². The second-order valence-electron chi connectivity index (χ2n) is 5.68. The number of carbonyl (C=O) groups excluding carboxylic acids is 1. The van der Waals surface area contributed by atoms with Gasteiger partial charge in [0.15, 0.2) is 0 Å². The summed E-state index contributed by atoms with van der Waals surface area (Å²) >= 11 is 0. The molecule has 0 radical (unpaired) electrons. The van der Waals surface area contributed by atoms with Gasteiger partial charge in [-0.3, -0.25) is 14.8 Å². The third-order valence-corrected chi connectivity index (χ3v) is 3.99. The monoisotopic (exact) mass is 302 g/mol. The molecule has 6 nitrogen and oxygen atoms in total. The number of carbonyl (C=O) groups is 1. The smallest absolute Gasteiger partial charge is 0.274 e. The maximum Gasteiger partial charge on any atom is 0.274 e. The molecular formula is C16H22N4O2. The molecule has 1 amide bonds. The van der Waals surface area contributed by atoms with Crippen LogP contribution in [0.1, 0.15) is 35.3 Å². The Labute approximate surface area is 130 Å². The standard InChI is InChI=1S/C16H22N4O2/c1-2-4-13-11-15(18-17-13)16(21)20-8-6-19(7-9-20)12-14-5-3-10-22-14/h3,5,10-11H,2,4,6-9,12H2,1H3,(H,17,18). The quantitative estimate of drug-likeness (QED) is 0.916. The van der Waals surface area contributed by atoms with Gasteiger partial charge in [-0.05, 0) is 24.6 Å². The zero-order valence-corrected chi connectivity index (χ0v) is 12.9. The van der Waals surface area contributed by atoms with Crippen LogP contribution in [0, 0.1) is 0 Å². The molecule has 22 heavy (non-hydrogen) atoms. The van der Waals surface area contributed by atoms with Gasteiger partial charge < -0.3 is 9.32 Å². The van der Waals surface area contributed by atoms with E-state index in [1.165, 1.54) is 0 Å². The fourth-order valence-corrected chi connectivity index (χ4v) is 2.76. The number of aromatic nitrogens is 2. The van der Waals surface area contributed by atoms with Crippen molar-refractivity contribution in [3.8, 4) is 0 Å². The number of H-pyrrole nitrogens is 1. The van der Waals surface area contributed by atoms with Crippen molar-refractivity contribution < 1.29 is 9.21 Å². The average Bonchev–Trinajstić information content (AvgIpc) is 3.20. The minimum absolute atomic E-state index is 0.0243. The van der Waals surface area contributed by atoms with Gasteiger partial charge in [0.25, 0.3) is 5.91 Å². The van der Waals surface area contributed by atoms with Crippen molar-refractivity contribution in [3.05, 3.63) is 41.6 Å². The second-order valence-corrected chi connectivity index (χ2v) is 5.68. The molecule has 1 fully saturated rings. The van der Waals surface area contributed by atoms with Crippen LogP contribution in [-0.4, -0.2) is 52.1 Å². The molecule has 3 rings (SSSR count). The lowest BCUT2D eigenvalue weighted by Crippen LogP contribution is -2.48. The molecule has 118 valence electrons. The maximum absolute atomic E-state index is 12.4. The third-order valence-electron chi connectivity index (χ3n) is 3.99. The predicted molar refractivity (Wildman–Crippen MR) is 82.5 cm³/mol. The number of nitrogens with one attached hydrogen (secondary N) is 1. The molecule has 6 heteroatoms. The van der Waals surface area contributed by atoms with Crippen LogP contribution in [0.3, 0.4) is 0 Å². The molecule has 0 aromatic carbocycles. The van der Waals surface area contributed by atoms with E-state index in [2.05, 4.69) is 22.0 Å². The van der Waals surface area contributed by atoms with E-state index in [4.69, 9.17) is 4.42 Å². The average molecular weight is 302 g/mol. The Hall–Kier alpha value is -2.08. The SMILES string of the molecule is CCCc1cc(C(=O)N2CCN(Cc3ccco3)CC2)n[nH]1. The first-order valence-corrected chi connectivity index (χ1v) is 7.84. The lowest BCUT2D eigenvalue weighted by Gasteiger charge is -2.33. The van der Waals surface area contributed by atoms with E-state index in [-0.39, 0.29) is 5.91 Å². The summed E-state index contributed by atoms with van der Waals surface area (Å²) in [6, 6.07) is 5.76. The highest BCUT2D eigenvalue weighted by molar-refractivity contribution is 5.92. The number of aryl methyl sites for hydroxylation is 1. The minimum Gasteiger partial charge on any atom is -0.468 e. The summed E-state index contributed by atoms with van der Waals surface area (Å²) in [6.45, 7) is 6.10. The number of hydrogen-bond acceptors (Lipinski definition) is 4. The second kappa shape index (κ2) is 6.79. The first-order chi connectivity index (χ1) is 10.8. The van der Waals surface area contributed by atoms with Crippen LogP contribution in [-0.2, 0) is 13.0 Å². The Kier molecular flexibility index (Phi) is 4.58. The van der Waals surface area contributed by atoms with Crippen LogP contribution in [0.4, 0.5) is 0 Å². The fourth-order valence-electron chi connectivity index (χ4n) is 2.76. The summed E-state index contributed by atoms with van der Waals surface area (Å²) in [5.41, 5.74) is 1.56. The van der Waals surface area contributed by atoms with Gasteiger partial charge in [-0.25, -0.2) is 0 Å². The molecule has 0 unspecified atom stereocenters. The Balaban J connectivity index is 1.52. The number of furan rings is 1. The zero-order chi connectivity index (χ0) is 15.4. The van der Waals surface area contributed by atoms with Gasteiger partial charge in [0.2, 0.25) is 0 Å². The molecule has 1 saturated heterocycles. The highest BCUT2D eigenvalue weighted by atomic mass is 16.3. The van der Waals surface area contributed by atoms with E-state index in [9.17, 15) is 4.79 Å². The molecule has 0 bridgehead atoms. The molecule has 2 aromatic heterocycles. The van der Waals surface area contributed by atoms with Crippen LogP contribution in [0.15, 0.2) is 28.9 Å².